The number of H-pyrrole nitrogens is 1. The van der Waals surface area contributed by atoms with Crippen molar-refractivity contribution in [1.82, 2.24) is 39.0 Å². The Bertz CT molecular complexity index is 1840. The van der Waals surface area contributed by atoms with Crippen molar-refractivity contribution in [3.63, 3.8) is 0 Å². The number of aromatic amines is 1. The summed E-state index contributed by atoms with van der Waals surface area (Å²) < 4.78 is 53.0. The van der Waals surface area contributed by atoms with Gasteiger partial charge in [0.05, 0.1) is 32.0 Å². The van der Waals surface area contributed by atoms with Crippen molar-refractivity contribution in [1.29, 1.82) is 0 Å². The predicted octanol–water partition coefficient (Wildman–Crippen LogP) is -0.494. The molecule has 2 aliphatic rings. The maximum absolute atomic E-state index is 15.9. The van der Waals surface area contributed by atoms with E-state index in [2.05, 4.69) is 29.9 Å². The van der Waals surface area contributed by atoms with Crippen LogP contribution in [-0.2, 0) is 27.7 Å². The Morgan fingerprint density at radius 2 is 1.93 bits per heavy atom. The van der Waals surface area contributed by atoms with Crippen LogP contribution in [-0.4, -0.2) is 97.9 Å². The largest absolute Gasteiger partial charge is 0.472 e. The van der Waals surface area contributed by atoms with Crippen LogP contribution in [0.5, 0.6) is 0 Å². The third-order valence-corrected chi connectivity index (χ3v) is 9.36. The number of nitrogens with two attached hydrogens (primary N) is 2. The van der Waals surface area contributed by atoms with Gasteiger partial charge in [-0.05, 0) is 6.42 Å². The summed E-state index contributed by atoms with van der Waals surface area (Å²) in [5.41, 5.74) is 11.4. The number of nitrogen functional groups attached to an aromatic ring is 2. The van der Waals surface area contributed by atoms with Crippen molar-refractivity contribution in [2.45, 2.75) is 49.6 Å². The van der Waals surface area contributed by atoms with Crippen LogP contribution in [0.2, 0.25) is 0 Å². The van der Waals surface area contributed by atoms with Gasteiger partial charge < -0.3 is 45.0 Å². The molecule has 10 atom stereocenters. The van der Waals surface area contributed by atoms with Crippen LogP contribution in [0.1, 0.15) is 25.1 Å². The molecule has 20 nitrogen and oxygen atoms in total. The zero-order valence-electron chi connectivity index (χ0n) is 23.6. The van der Waals surface area contributed by atoms with Crippen molar-refractivity contribution in [2.24, 2.45) is 11.8 Å². The number of aliphatic hydroxyl groups excluding tert-OH is 1. The highest BCUT2D eigenvalue weighted by atomic mass is 31.2. The van der Waals surface area contributed by atoms with Gasteiger partial charge in [0, 0.05) is 24.3 Å². The zero-order valence-corrected chi connectivity index (χ0v) is 25.5. The van der Waals surface area contributed by atoms with Gasteiger partial charge >= 0.3 is 7.82 Å². The Morgan fingerprint density at radius 1 is 1.17 bits per heavy atom. The monoisotopic (exact) mass is 686 g/mol. The molecule has 0 aromatic carbocycles. The molecule has 0 amide bonds. The summed E-state index contributed by atoms with van der Waals surface area (Å²) in [6.07, 6.45) is -3.37. The molecule has 23 heteroatoms. The minimum atomic E-state index is -5.03. The van der Waals surface area contributed by atoms with E-state index in [4.69, 9.17) is 34.7 Å². The summed E-state index contributed by atoms with van der Waals surface area (Å²) in [5, 5.41) is 11.1. The van der Waals surface area contributed by atoms with Crippen molar-refractivity contribution in [2.75, 3.05) is 24.7 Å². The Labute approximate surface area is 258 Å². The first-order valence-electron chi connectivity index (χ1n) is 13.8. The van der Waals surface area contributed by atoms with Gasteiger partial charge in [0.1, 0.15) is 30.3 Å². The quantitative estimate of drug-likeness (QED) is 0.0809. The number of nitrogens with zero attached hydrogens (tertiary/aromatic N) is 7. The van der Waals surface area contributed by atoms with E-state index < -0.39 is 84.2 Å². The van der Waals surface area contributed by atoms with E-state index in [-0.39, 0.29) is 46.9 Å². The Kier molecular flexibility index (Phi) is 9.12. The summed E-state index contributed by atoms with van der Waals surface area (Å²) in [6.45, 7) is -0.935. The second-order valence-corrected chi connectivity index (χ2v) is 12.6. The first kappa shape index (κ1) is 32.4. The fraction of sp³-hybridized carbons (Fsp3) is 0.522. The molecule has 8 N–H and O–H groups in total. The molecule has 2 fully saturated rings. The predicted molar refractivity (Wildman–Crippen MR) is 156 cm³/mol. The summed E-state index contributed by atoms with van der Waals surface area (Å²) >= 11 is 0. The maximum atomic E-state index is 15.9. The van der Waals surface area contributed by atoms with Crippen LogP contribution >= 0.6 is 16.9 Å². The number of aldehydes is 1. The molecule has 1 saturated heterocycles. The molecule has 1 aliphatic carbocycles. The van der Waals surface area contributed by atoms with Crippen molar-refractivity contribution >= 4 is 57.2 Å². The number of nitrogens with one attached hydrogen (secondary N) is 1. The van der Waals surface area contributed by atoms with Crippen LogP contribution < -0.4 is 17.0 Å². The molecule has 0 radical (unpaired) electrons. The van der Waals surface area contributed by atoms with Gasteiger partial charge in [0.2, 0.25) is 5.95 Å². The molecule has 46 heavy (non-hydrogen) atoms. The van der Waals surface area contributed by atoms with Crippen LogP contribution in [0.3, 0.4) is 0 Å². The van der Waals surface area contributed by atoms with Crippen molar-refractivity contribution in [3.8, 4) is 0 Å². The summed E-state index contributed by atoms with van der Waals surface area (Å²) in [6, 6.07) is -0.616. The van der Waals surface area contributed by atoms with Crippen LogP contribution in [0.4, 0.5) is 16.2 Å². The first-order valence-corrected chi connectivity index (χ1v) is 16.1. The molecule has 1 saturated carbocycles. The number of rotatable bonds is 12. The number of phosphoric ester groups is 1. The second-order valence-electron chi connectivity index (χ2n) is 10.7. The van der Waals surface area contributed by atoms with Gasteiger partial charge in [-0.1, -0.05) is 0 Å². The number of hydrogen-bond acceptors (Lipinski definition) is 16. The van der Waals surface area contributed by atoms with Crippen molar-refractivity contribution in [3.05, 3.63) is 29.3 Å². The number of phosphoric acid groups is 1. The normalized spacial score (nSPS) is 29.7. The summed E-state index contributed by atoms with van der Waals surface area (Å²) in [4.78, 5) is 66.1. The molecule has 248 valence electrons. The van der Waals surface area contributed by atoms with Crippen LogP contribution in [0.15, 0.2) is 23.8 Å². The number of imidazole rings is 2. The molecule has 4 aromatic rings. The Balaban J connectivity index is 1.18. The van der Waals surface area contributed by atoms with E-state index in [1.165, 1.54) is 21.8 Å². The highest BCUT2D eigenvalue weighted by Crippen LogP contribution is 2.51. The number of carbonyl (C=O) groups is 1. The number of ether oxygens (including phenoxy) is 1. The van der Waals surface area contributed by atoms with E-state index >= 15 is 4.39 Å². The van der Waals surface area contributed by atoms with E-state index in [1.807, 2.05) is 0 Å². The molecule has 1 aliphatic heterocycles. The highest BCUT2D eigenvalue weighted by Gasteiger charge is 2.51. The average Bonchev–Trinajstić information content (AvgIpc) is 3.77. The van der Waals surface area contributed by atoms with Gasteiger partial charge in [-0.3, -0.25) is 23.4 Å². The average molecular weight is 686 g/mol. The van der Waals surface area contributed by atoms with Gasteiger partial charge in [-0.25, -0.2) is 28.9 Å². The molecular formula is C23H29FN10O10P2. The topological polar surface area (TPSA) is 291 Å². The number of fused-ring (bicyclic) bond motifs is 2. The van der Waals surface area contributed by atoms with Gasteiger partial charge in [0.15, 0.2) is 44.1 Å². The Hall–Kier alpha value is -3.52. The number of alkyl halides is 1. The lowest BCUT2D eigenvalue weighted by Crippen LogP contribution is -2.34. The highest BCUT2D eigenvalue weighted by molar-refractivity contribution is 7.47. The molecular weight excluding hydrogens is 657 g/mol. The lowest BCUT2D eigenvalue weighted by molar-refractivity contribution is -0.109. The summed E-state index contributed by atoms with van der Waals surface area (Å²) in [5.74, 6) is -1.62. The minimum absolute atomic E-state index is 0.000707. The summed E-state index contributed by atoms with van der Waals surface area (Å²) in [7, 11) is -6.02. The molecule has 0 spiro atoms. The SMILES string of the molecule is Nc1nc2c(ncn2[C@@H]2C[C@H](COP(=O)(O)O[C@H]3[C@@H](F)[C@H](n4cnc5c(N)ncnc54)O[C@@H]3COPO)[C@@H](O)[C@H]2CC=O)c(=O)[nH]1. The third kappa shape index (κ3) is 6.01. The van der Waals surface area contributed by atoms with Gasteiger partial charge in [-0.15, -0.1) is 0 Å². The third-order valence-electron chi connectivity index (χ3n) is 8.08. The van der Waals surface area contributed by atoms with Crippen molar-refractivity contribution < 1.29 is 47.0 Å². The first-order chi connectivity index (χ1) is 22.0. The maximum Gasteiger partial charge on any atom is 0.472 e. The van der Waals surface area contributed by atoms with Gasteiger partial charge in [-0.2, -0.15) is 4.98 Å². The molecule has 2 unspecified atom stereocenters. The fourth-order valence-electron chi connectivity index (χ4n) is 6.01. The smallest absolute Gasteiger partial charge is 0.392 e. The number of halogens is 1. The standard InChI is InChI=1S/C23H29FN10O10P2/c24-13-17(12(5-41-45-38)43-22(13)34-8-29-14-18(25)27-6-28-19(14)34)44-46(39,40)42-4-9-3-11(10(1-2-35)16(9)36)33-7-30-15-20(33)31-23(26)32-21(15)37/h2,6-13,16-17,22,36,38,45H,1,3-5H2,(H,39,40)(H2,25,27,28)(H3,26,31,32,37)/t9-,10+,11-,12-,13-,16-,17-,22-/m1/s1. The number of aliphatic hydroxyl groups is 1. The van der Waals surface area contributed by atoms with E-state index in [9.17, 15) is 24.2 Å². The number of carbonyl (C=O) groups excluding carboxylic acids is 1. The van der Waals surface area contributed by atoms with E-state index in [1.54, 1.807) is 0 Å². The van der Waals surface area contributed by atoms with Crippen LogP contribution in [0.25, 0.3) is 22.3 Å². The molecule has 6 rings (SSSR count). The fourth-order valence-corrected chi connectivity index (χ4v) is 7.25. The second kappa shape index (κ2) is 12.9. The van der Waals surface area contributed by atoms with Gasteiger partial charge in [0.25, 0.3) is 5.56 Å². The molecule has 0 bridgehead atoms. The minimum Gasteiger partial charge on any atom is -0.392 e. The molecule has 5 heterocycles. The zero-order chi connectivity index (χ0) is 32.7. The van der Waals surface area contributed by atoms with Crippen LogP contribution in [0, 0.1) is 11.8 Å². The lowest BCUT2D eigenvalue weighted by atomic mass is 9.97. The number of aromatic nitrogens is 8. The molecule has 4 aromatic heterocycles. The van der Waals surface area contributed by atoms with E-state index in [0.717, 1.165) is 6.33 Å². The van der Waals surface area contributed by atoms with E-state index in [0.29, 0.717) is 6.29 Å². The number of anilines is 2. The number of hydrogen-bond donors (Lipinski definition) is 6. The Morgan fingerprint density at radius 3 is 2.70 bits per heavy atom. The lowest BCUT2D eigenvalue weighted by Gasteiger charge is -2.24.